The maximum atomic E-state index is 12.8. The van der Waals surface area contributed by atoms with Gasteiger partial charge in [-0.2, -0.15) is 0 Å². The van der Waals surface area contributed by atoms with Crippen molar-refractivity contribution in [3.05, 3.63) is 51.7 Å². The second kappa shape index (κ2) is 9.77. The zero-order valence-corrected chi connectivity index (χ0v) is 17.2. The molecule has 0 unspecified atom stereocenters. The SMILES string of the molecule is CCCC#Cc1ccc([C@H](CCO)NC(=O)[C@H]2C[C@@H]2c2cccs2)c(OC)c1. The van der Waals surface area contributed by atoms with Crippen molar-refractivity contribution in [3.63, 3.8) is 0 Å². The van der Waals surface area contributed by atoms with E-state index in [0.717, 1.165) is 30.4 Å². The molecule has 1 heterocycles. The van der Waals surface area contributed by atoms with Crippen LogP contribution in [0.3, 0.4) is 0 Å². The Morgan fingerprint density at radius 1 is 1.43 bits per heavy atom. The van der Waals surface area contributed by atoms with Crippen LogP contribution < -0.4 is 10.1 Å². The smallest absolute Gasteiger partial charge is 0.224 e. The van der Waals surface area contributed by atoms with E-state index in [9.17, 15) is 9.90 Å². The van der Waals surface area contributed by atoms with Gasteiger partial charge in [-0.25, -0.2) is 0 Å². The Morgan fingerprint density at radius 2 is 2.29 bits per heavy atom. The van der Waals surface area contributed by atoms with Crippen molar-refractivity contribution in [3.8, 4) is 17.6 Å². The lowest BCUT2D eigenvalue weighted by Crippen LogP contribution is -2.31. The minimum atomic E-state index is -0.283. The van der Waals surface area contributed by atoms with Gasteiger partial charge in [0.25, 0.3) is 0 Å². The van der Waals surface area contributed by atoms with Crippen LogP contribution in [-0.4, -0.2) is 24.7 Å². The summed E-state index contributed by atoms with van der Waals surface area (Å²) in [5.41, 5.74) is 1.77. The van der Waals surface area contributed by atoms with E-state index in [4.69, 9.17) is 4.74 Å². The molecule has 1 fully saturated rings. The third-order valence-electron chi connectivity index (χ3n) is 4.99. The van der Waals surface area contributed by atoms with Crippen LogP contribution in [0.25, 0.3) is 0 Å². The van der Waals surface area contributed by atoms with E-state index in [1.54, 1.807) is 18.4 Å². The van der Waals surface area contributed by atoms with E-state index in [0.29, 0.717) is 18.1 Å². The standard InChI is InChI=1S/C23H27NO3S/c1-3-4-5-7-16-9-10-17(21(14-16)27-2)20(11-12-25)24-23(26)19-15-18(19)22-8-6-13-28-22/h6,8-10,13-14,18-20,25H,3-4,11-12,15H2,1-2H3,(H,24,26)/t18-,19-,20-/m0/s1. The molecule has 2 N–H and O–H groups in total. The van der Waals surface area contributed by atoms with Gasteiger partial charge < -0.3 is 15.2 Å². The number of ether oxygens (including phenoxy) is 1. The summed E-state index contributed by atoms with van der Waals surface area (Å²) in [5.74, 6) is 7.36. The molecule has 2 aromatic rings. The van der Waals surface area contributed by atoms with Crippen molar-refractivity contribution in [2.45, 2.75) is 44.6 Å². The molecule has 5 heteroatoms. The number of hydrogen-bond acceptors (Lipinski definition) is 4. The molecule has 4 nitrogen and oxygen atoms in total. The summed E-state index contributed by atoms with van der Waals surface area (Å²) in [6.45, 7) is 2.09. The maximum absolute atomic E-state index is 12.8. The Labute approximate surface area is 170 Å². The zero-order valence-electron chi connectivity index (χ0n) is 16.4. The van der Waals surface area contributed by atoms with E-state index in [1.165, 1.54) is 4.88 Å². The van der Waals surface area contributed by atoms with Gasteiger partial charge in [-0.15, -0.1) is 11.3 Å². The second-order valence-electron chi connectivity index (χ2n) is 7.05. The molecule has 1 amide bonds. The molecule has 0 bridgehead atoms. The van der Waals surface area contributed by atoms with Crippen LogP contribution >= 0.6 is 11.3 Å². The third kappa shape index (κ3) is 4.95. The van der Waals surface area contributed by atoms with Gasteiger partial charge in [0.1, 0.15) is 5.75 Å². The Hall–Kier alpha value is -2.29. The first kappa shape index (κ1) is 20.4. The van der Waals surface area contributed by atoms with Gasteiger partial charge in [0, 0.05) is 40.9 Å². The Morgan fingerprint density at radius 3 is 2.96 bits per heavy atom. The molecule has 28 heavy (non-hydrogen) atoms. The summed E-state index contributed by atoms with van der Waals surface area (Å²) < 4.78 is 5.56. The monoisotopic (exact) mass is 397 g/mol. The minimum Gasteiger partial charge on any atom is -0.496 e. The largest absolute Gasteiger partial charge is 0.496 e. The van der Waals surface area contributed by atoms with Crippen LogP contribution in [0.2, 0.25) is 0 Å². The number of nitrogens with one attached hydrogen (secondary N) is 1. The van der Waals surface area contributed by atoms with Gasteiger partial charge in [0.2, 0.25) is 5.91 Å². The quantitative estimate of drug-likeness (QED) is 0.655. The summed E-state index contributed by atoms with van der Waals surface area (Å²) in [6.07, 6.45) is 3.22. The molecule has 1 aliphatic rings. The van der Waals surface area contributed by atoms with Gasteiger partial charge in [0.15, 0.2) is 0 Å². The summed E-state index contributed by atoms with van der Waals surface area (Å²) >= 11 is 1.70. The molecule has 0 spiro atoms. The highest BCUT2D eigenvalue weighted by atomic mass is 32.1. The second-order valence-corrected chi connectivity index (χ2v) is 8.03. The number of unbranched alkanes of at least 4 members (excludes halogenated alkanes) is 1. The van der Waals surface area contributed by atoms with Crippen LogP contribution in [0.5, 0.6) is 5.75 Å². The lowest BCUT2D eigenvalue weighted by molar-refractivity contribution is -0.123. The number of aliphatic hydroxyl groups is 1. The van der Waals surface area contributed by atoms with E-state index < -0.39 is 0 Å². The molecule has 1 aromatic carbocycles. The normalized spacial score (nSPS) is 18.7. The minimum absolute atomic E-state index is 0.00875. The van der Waals surface area contributed by atoms with Crippen molar-refractivity contribution < 1.29 is 14.6 Å². The predicted octanol–water partition coefficient (Wildman–Crippen LogP) is 4.25. The van der Waals surface area contributed by atoms with Crippen LogP contribution in [0, 0.1) is 17.8 Å². The zero-order chi connectivity index (χ0) is 19.9. The average Bonchev–Trinajstić information content (AvgIpc) is 3.33. The van der Waals surface area contributed by atoms with Gasteiger partial charge in [0.05, 0.1) is 13.2 Å². The number of methoxy groups -OCH3 is 1. The molecule has 3 atom stereocenters. The first-order chi connectivity index (χ1) is 13.7. The Balaban J connectivity index is 1.73. The van der Waals surface area contributed by atoms with Crippen molar-refractivity contribution in [1.82, 2.24) is 5.32 Å². The van der Waals surface area contributed by atoms with Gasteiger partial charge >= 0.3 is 0 Å². The fraction of sp³-hybridized carbons (Fsp3) is 0.435. The fourth-order valence-corrected chi connectivity index (χ4v) is 4.29. The van der Waals surface area contributed by atoms with Crippen molar-refractivity contribution in [2.24, 2.45) is 5.92 Å². The van der Waals surface area contributed by atoms with E-state index >= 15 is 0 Å². The van der Waals surface area contributed by atoms with E-state index in [-0.39, 0.29) is 24.5 Å². The number of hydrogen-bond donors (Lipinski definition) is 2. The van der Waals surface area contributed by atoms with Gasteiger partial charge in [-0.3, -0.25) is 4.79 Å². The Kier molecular flexibility index (Phi) is 7.13. The number of aliphatic hydroxyl groups excluding tert-OH is 1. The number of carbonyl (C=O) groups is 1. The summed E-state index contributed by atoms with van der Waals surface area (Å²) in [4.78, 5) is 14.0. The van der Waals surface area contributed by atoms with Gasteiger partial charge in [-0.1, -0.05) is 30.9 Å². The van der Waals surface area contributed by atoms with E-state index in [1.807, 2.05) is 29.6 Å². The third-order valence-corrected chi connectivity index (χ3v) is 5.99. The maximum Gasteiger partial charge on any atom is 0.224 e. The van der Waals surface area contributed by atoms with E-state index in [2.05, 4.69) is 30.1 Å². The van der Waals surface area contributed by atoms with Crippen LogP contribution in [0.15, 0.2) is 35.7 Å². The molecule has 0 saturated heterocycles. The topological polar surface area (TPSA) is 58.6 Å². The highest BCUT2D eigenvalue weighted by molar-refractivity contribution is 7.10. The number of benzene rings is 1. The fourth-order valence-electron chi connectivity index (χ4n) is 3.38. The van der Waals surface area contributed by atoms with Crippen LogP contribution in [-0.2, 0) is 4.79 Å². The van der Waals surface area contributed by atoms with Crippen LogP contribution in [0.4, 0.5) is 0 Å². The first-order valence-electron chi connectivity index (χ1n) is 9.79. The highest BCUT2D eigenvalue weighted by Crippen LogP contribution is 2.49. The van der Waals surface area contributed by atoms with Crippen molar-refractivity contribution >= 4 is 17.2 Å². The molecule has 148 valence electrons. The van der Waals surface area contributed by atoms with Gasteiger partial charge in [-0.05, 0) is 42.8 Å². The number of rotatable bonds is 8. The number of carbonyl (C=O) groups excluding carboxylic acids is 1. The van der Waals surface area contributed by atoms with Crippen LogP contribution in [0.1, 0.15) is 60.6 Å². The molecular weight excluding hydrogens is 370 g/mol. The lowest BCUT2D eigenvalue weighted by atomic mass is 10.00. The van der Waals surface area contributed by atoms with Crippen molar-refractivity contribution in [1.29, 1.82) is 0 Å². The first-order valence-corrected chi connectivity index (χ1v) is 10.7. The highest BCUT2D eigenvalue weighted by Gasteiger charge is 2.45. The average molecular weight is 398 g/mol. The molecular formula is C23H27NO3S. The summed E-state index contributed by atoms with van der Waals surface area (Å²) in [6, 6.07) is 9.63. The molecule has 1 aliphatic carbocycles. The molecule has 1 saturated carbocycles. The van der Waals surface area contributed by atoms with Crippen molar-refractivity contribution in [2.75, 3.05) is 13.7 Å². The molecule has 1 aromatic heterocycles. The lowest BCUT2D eigenvalue weighted by Gasteiger charge is -2.21. The number of amides is 1. The Bertz CT molecular complexity index is 850. The summed E-state index contributed by atoms with van der Waals surface area (Å²) in [7, 11) is 1.62. The molecule has 3 rings (SSSR count). The number of thiophene rings is 1. The summed E-state index contributed by atoms with van der Waals surface area (Å²) in [5, 5.41) is 14.7. The molecule has 0 aliphatic heterocycles. The molecule has 0 radical (unpaired) electrons. The predicted molar refractivity (Wildman–Crippen MR) is 113 cm³/mol.